The molecule has 0 saturated carbocycles. The first kappa shape index (κ1) is 23.3. The molecule has 39 heavy (non-hydrogen) atoms. The van der Waals surface area contributed by atoms with Crippen LogP contribution in [0.2, 0.25) is 0 Å². The van der Waals surface area contributed by atoms with Gasteiger partial charge in [0.25, 0.3) is 5.91 Å². The van der Waals surface area contributed by atoms with Crippen molar-refractivity contribution in [2.24, 2.45) is 5.41 Å². The molecule has 0 aliphatic carbocycles. The SMILES string of the molecule is CN1C(=O)[C@@]2(c3cc(F)ccc31)N(C)C[C@](C#N)(C(=O)c1c[nH]c3ccccc13)[C@]21C(=O)Nc2ccccc21. The number of hydrogen-bond donors (Lipinski definition) is 2. The molecular formula is C30H22FN5O3. The van der Waals surface area contributed by atoms with Gasteiger partial charge in [0, 0.05) is 53.2 Å². The molecule has 4 heterocycles. The number of H-pyrrole nitrogens is 1. The van der Waals surface area contributed by atoms with Gasteiger partial charge >= 0.3 is 0 Å². The third-order valence-electron chi connectivity index (χ3n) is 8.89. The number of nitrogens with one attached hydrogen (secondary N) is 2. The number of para-hydroxylation sites is 2. The molecule has 7 rings (SSSR count). The van der Waals surface area contributed by atoms with Crippen molar-refractivity contribution in [3.8, 4) is 6.07 Å². The van der Waals surface area contributed by atoms with E-state index < -0.39 is 39.8 Å². The minimum Gasteiger partial charge on any atom is -0.360 e. The molecule has 9 heteroatoms. The molecule has 4 aromatic rings. The summed E-state index contributed by atoms with van der Waals surface area (Å²) in [5.41, 5.74) is -3.58. The molecule has 3 atom stereocenters. The normalized spacial score (nSPS) is 27.3. The van der Waals surface area contributed by atoms with E-state index in [4.69, 9.17) is 0 Å². The lowest BCUT2D eigenvalue weighted by Crippen LogP contribution is -2.65. The number of likely N-dealkylation sites (N-methyl/N-ethyl adjacent to an activating group) is 2. The van der Waals surface area contributed by atoms with Crippen molar-refractivity contribution in [3.63, 3.8) is 0 Å². The largest absolute Gasteiger partial charge is 0.360 e. The van der Waals surface area contributed by atoms with Crippen LogP contribution in [0.5, 0.6) is 0 Å². The van der Waals surface area contributed by atoms with Gasteiger partial charge in [0.05, 0.1) is 6.07 Å². The number of halogens is 1. The standard InChI is InChI=1S/C30H22FN5O3/c1-35-16-28(15-32,25(37)19-14-33-22-9-5-3-7-18(19)22)29(20-8-4-6-10-23(20)34-26(29)38)30(35)21-13-17(31)11-12-24(21)36(2)27(30)39/h3-14,33H,16H2,1-2H3,(H,34,38)/t28-,29+,30-/m1/s1. The summed E-state index contributed by atoms with van der Waals surface area (Å²) in [5, 5.41) is 14.5. The third-order valence-corrected chi connectivity index (χ3v) is 8.89. The van der Waals surface area contributed by atoms with Crippen molar-refractivity contribution >= 4 is 39.9 Å². The van der Waals surface area contributed by atoms with E-state index >= 15 is 0 Å². The van der Waals surface area contributed by atoms with Gasteiger partial charge < -0.3 is 15.2 Å². The molecule has 3 aliphatic rings. The van der Waals surface area contributed by atoms with Gasteiger partial charge in [-0.2, -0.15) is 5.26 Å². The van der Waals surface area contributed by atoms with Crippen LogP contribution < -0.4 is 10.2 Å². The Morgan fingerprint density at radius 1 is 1.03 bits per heavy atom. The number of rotatable bonds is 2. The molecule has 1 aromatic heterocycles. The molecule has 192 valence electrons. The van der Waals surface area contributed by atoms with Gasteiger partial charge in [0.2, 0.25) is 5.91 Å². The number of nitrogens with zero attached hydrogens (tertiary/aromatic N) is 3. The van der Waals surface area contributed by atoms with Crippen molar-refractivity contribution in [2.45, 2.75) is 11.0 Å². The predicted octanol–water partition coefficient (Wildman–Crippen LogP) is 3.71. The zero-order chi connectivity index (χ0) is 27.3. The number of fused-ring (bicyclic) bond motifs is 6. The van der Waals surface area contributed by atoms with Crippen LogP contribution in [0.25, 0.3) is 10.9 Å². The number of nitriles is 1. The lowest BCUT2D eigenvalue weighted by Gasteiger charge is -2.45. The van der Waals surface area contributed by atoms with Crippen molar-refractivity contribution in [2.75, 3.05) is 30.9 Å². The minimum absolute atomic E-state index is 0.237. The van der Waals surface area contributed by atoms with Crippen LogP contribution >= 0.6 is 0 Å². The van der Waals surface area contributed by atoms with E-state index in [1.807, 2.05) is 12.1 Å². The van der Waals surface area contributed by atoms with E-state index in [0.29, 0.717) is 27.8 Å². The Morgan fingerprint density at radius 2 is 1.77 bits per heavy atom. The Bertz CT molecular complexity index is 1820. The highest BCUT2D eigenvalue weighted by atomic mass is 19.1. The topological polar surface area (TPSA) is 109 Å². The van der Waals surface area contributed by atoms with Crippen LogP contribution in [-0.2, 0) is 20.5 Å². The minimum atomic E-state index is -2.05. The van der Waals surface area contributed by atoms with Gasteiger partial charge in [0.15, 0.2) is 11.2 Å². The maximum Gasteiger partial charge on any atom is 0.253 e. The lowest BCUT2D eigenvalue weighted by atomic mass is 9.51. The van der Waals surface area contributed by atoms with Crippen molar-refractivity contribution in [1.82, 2.24) is 9.88 Å². The number of carbonyl (C=O) groups is 3. The van der Waals surface area contributed by atoms with E-state index in [0.717, 1.165) is 0 Å². The first-order chi connectivity index (χ1) is 18.8. The van der Waals surface area contributed by atoms with Crippen LogP contribution in [0, 0.1) is 22.6 Å². The molecule has 0 unspecified atom stereocenters. The van der Waals surface area contributed by atoms with Crippen LogP contribution in [0.15, 0.2) is 72.9 Å². The zero-order valence-electron chi connectivity index (χ0n) is 21.1. The molecule has 1 saturated heterocycles. The molecule has 3 aromatic carbocycles. The van der Waals surface area contributed by atoms with E-state index in [1.54, 1.807) is 61.6 Å². The van der Waals surface area contributed by atoms with Gasteiger partial charge in [-0.1, -0.05) is 36.4 Å². The first-order valence-electron chi connectivity index (χ1n) is 12.5. The summed E-state index contributed by atoms with van der Waals surface area (Å²) >= 11 is 0. The zero-order valence-corrected chi connectivity index (χ0v) is 21.1. The molecule has 3 aliphatic heterocycles. The summed E-state index contributed by atoms with van der Waals surface area (Å²) in [4.78, 5) is 49.9. The highest BCUT2D eigenvalue weighted by Gasteiger charge is 2.84. The molecule has 2 amide bonds. The van der Waals surface area contributed by atoms with Crippen LogP contribution in [0.1, 0.15) is 21.5 Å². The average Bonchev–Trinajstić information content (AvgIpc) is 3.62. The first-order valence-corrected chi connectivity index (χ1v) is 12.5. The second kappa shape index (κ2) is 7.40. The van der Waals surface area contributed by atoms with Gasteiger partial charge in [0.1, 0.15) is 16.8 Å². The predicted molar refractivity (Wildman–Crippen MR) is 142 cm³/mol. The number of Topliss-reactive ketones (excluding diaryl/α,β-unsaturated/α-hetero) is 1. The Morgan fingerprint density at radius 3 is 2.56 bits per heavy atom. The highest BCUT2D eigenvalue weighted by Crippen LogP contribution is 2.69. The summed E-state index contributed by atoms with van der Waals surface area (Å²) < 4.78 is 14.9. The van der Waals surface area contributed by atoms with Crippen molar-refractivity contribution < 1.29 is 18.8 Å². The Kier molecular flexibility index (Phi) is 4.42. The molecule has 8 nitrogen and oxygen atoms in total. The van der Waals surface area contributed by atoms with E-state index in [-0.39, 0.29) is 17.7 Å². The van der Waals surface area contributed by atoms with Gasteiger partial charge in [-0.25, -0.2) is 4.39 Å². The summed E-state index contributed by atoms with van der Waals surface area (Å²) in [5.74, 6) is -2.34. The van der Waals surface area contributed by atoms with Crippen LogP contribution in [0.3, 0.4) is 0 Å². The summed E-state index contributed by atoms with van der Waals surface area (Å²) in [6.07, 6.45) is 1.54. The fourth-order valence-corrected chi connectivity index (χ4v) is 7.42. The molecule has 2 spiro atoms. The van der Waals surface area contributed by atoms with Gasteiger partial charge in [-0.3, -0.25) is 19.3 Å². The number of aromatic nitrogens is 1. The number of benzene rings is 3. The molecule has 0 bridgehead atoms. The van der Waals surface area contributed by atoms with Crippen LogP contribution in [-0.4, -0.2) is 48.1 Å². The number of aromatic amines is 1. The number of likely N-dealkylation sites (tertiary alicyclic amines) is 1. The second-order valence-electron chi connectivity index (χ2n) is 10.4. The number of ketones is 1. The fraction of sp³-hybridized carbons (Fsp3) is 0.200. The van der Waals surface area contributed by atoms with Crippen molar-refractivity contribution in [1.29, 1.82) is 5.26 Å². The highest BCUT2D eigenvalue weighted by molar-refractivity contribution is 6.24. The third kappa shape index (κ3) is 2.35. The summed E-state index contributed by atoms with van der Waals surface area (Å²) in [6.45, 7) is -0.237. The molecule has 1 fully saturated rings. The summed E-state index contributed by atoms with van der Waals surface area (Å²) in [6, 6.07) is 20.2. The van der Waals surface area contributed by atoms with Crippen LogP contribution in [0.4, 0.5) is 15.8 Å². The quantitative estimate of drug-likeness (QED) is 0.393. The number of anilines is 2. The molecular weight excluding hydrogens is 497 g/mol. The van der Waals surface area contributed by atoms with Gasteiger partial charge in [-0.05, 0) is 42.9 Å². The Labute approximate surface area is 222 Å². The second-order valence-corrected chi connectivity index (χ2v) is 10.4. The molecule has 2 N–H and O–H groups in total. The van der Waals surface area contributed by atoms with E-state index in [2.05, 4.69) is 16.4 Å². The number of carbonyl (C=O) groups excluding carboxylic acids is 3. The fourth-order valence-electron chi connectivity index (χ4n) is 7.42. The summed E-state index contributed by atoms with van der Waals surface area (Å²) in [7, 11) is 3.17. The Balaban J connectivity index is 1.64. The number of amides is 2. The monoisotopic (exact) mass is 519 g/mol. The maximum atomic E-state index is 14.9. The number of hydrogen-bond acceptors (Lipinski definition) is 5. The smallest absolute Gasteiger partial charge is 0.253 e. The van der Waals surface area contributed by atoms with Crippen molar-refractivity contribution in [3.05, 3.63) is 95.4 Å². The average molecular weight is 520 g/mol. The Hall–Kier alpha value is -4.81. The maximum absolute atomic E-state index is 14.9. The molecule has 0 radical (unpaired) electrons. The lowest BCUT2D eigenvalue weighted by molar-refractivity contribution is -0.138. The van der Waals surface area contributed by atoms with Gasteiger partial charge in [-0.15, -0.1) is 0 Å². The van der Waals surface area contributed by atoms with E-state index in [1.165, 1.54) is 23.1 Å². The van der Waals surface area contributed by atoms with E-state index in [9.17, 15) is 24.0 Å².